The molecule has 0 radical (unpaired) electrons. The van der Waals surface area contributed by atoms with Crippen molar-refractivity contribution in [2.24, 2.45) is 5.92 Å². The number of hydrogen-bond acceptors (Lipinski definition) is 4. The molecule has 1 aliphatic heterocycles. The maximum absolute atomic E-state index is 13.1. The van der Waals surface area contributed by atoms with Gasteiger partial charge in [-0.25, -0.2) is 4.79 Å². The summed E-state index contributed by atoms with van der Waals surface area (Å²) < 4.78 is 5.67. The average Bonchev–Trinajstić information content (AvgIpc) is 2.94. The number of benzene rings is 3. The van der Waals surface area contributed by atoms with E-state index in [0.29, 0.717) is 16.9 Å². The molecule has 0 bridgehead atoms. The summed E-state index contributed by atoms with van der Waals surface area (Å²) in [5, 5.41) is 1.73. The second-order valence-electron chi connectivity index (χ2n) is 7.11. The summed E-state index contributed by atoms with van der Waals surface area (Å²) in [6, 6.07) is 18.6. The van der Waals surface area contributed by atoms with E-state index in [-0.39, 0.29) is 5.92 Å². The van der Waals surface area contributed by atoms with Gasteiger partial charge in [-0.2, -0.15) is 0 Å². The Balaban J connectivity index is 1.68. The first-order valence-corrected chi connectivity index (χ1v) is 9.15. The topological polar surface area (TPSA) is 63.7 Å². The highest BCUT2D eigenvalue weighted by Gasteiger charge is 2.44. The van der Waals surface area contributed by atoms with Gasteiger partial charge >= 0.3 is 5.97 Å². The van der Waals surface area contributed by atoms with Crippen molar-refractivity contribution in [3.63, 3.8) is 0 Å². The molecule has 0 unspecified atom stereocenters. The molecule has 3 aromatic carbocycles. The zero-order chi connectivity index (χ0) is 19.8. The van der Waals surface area contributed by atoms with Crippen LogP contribution in [0.25, 0.3) is 10.8 Å². The summed E-state index contributed by atoms with van der Waals surface area (Å²) in [5.41, 5.74) is 0.632. The Morgan fingerprint density at radius 2 is 1.39 bits per heavy atom. The molecule has 0 spiro atoms. The third-order valence-corrected chi connectivity index (χ3v) is 4.94. The normalized spacial score (nSPS) is 14.5. The van der Waals surface area contributed by atoms with Gasteiger partial charge in [-0.15, -0.1) is 0 Å². The number of ether oxygens (including phenoxy) is 1. The molecular weight excluding hydrogens is 354 g/mol. The molecule has 1 aliphatic rings. The molecule has 0 saturated heterocycles. The van der Waals surface area contributed by atoms with Crippen molar-refractivity contribution < 1.29 is 19.1 Å². The number of rotatable bonds is 4. The molecule has 5 heteroatoms. The molecule has 3 aromatic rings. The second kappa shape index (κ2) is 6.93. The fourth-order valence-electron chi connectivity index (χ4n) is 3.59. The number of imide groups is 1. The first-order chi connectivity index (χ1) is 13.5. The zero-order valence-corrected chi connectivity index (χ0v) is 15.6. The maximum atomic E-state index is 13.1. The highest BCUT2D eigenvalue weighted by atomic mass is 16.5. The van der Waals surface area contributed by atoms with Gasteiger partial charge in [-0.1, -0.05) is 62.4 Å². The number of fused-ring (bicyclic) bond motifs is 2. The number of hydrogen-bond donors (Lipinski definition) is 0. The van der Waals surface area contributed by atoms with Crippen molar-refractivity contribution in [1.82, 2.24) is 4.90 Å². The van der Waals surface area contributed by atoms with Crippen molar-refractivity contribution in [2.45, 2.75) is 19.9 Å². The number of esters is 1. The monoisotopic (exact) mass is 373 g/mol. The molecule has 4 rings (SSSR count). The largest absolute Gasteiger partial charge is 0.424 e. The molecule has 2 amide bonds. The van der Waals surface area contributed by atoms with Gasteiger partial charge < -0.3 is 4.74 Å². The fourth-order valence-corrected chi connectivity index (χ4v) is 3.59. The van der Waals surface area contributed by atoms with Crippen LogP contribution in [0, 0.1) is 5.92 Å². The van der Waals surface area contributed by atoms with Crippen molar-refractivity contribution in [2.75, 3.05) is 0 Å². The Morgan fingerprint density at radius 1 is 0.821 bits per heavy atom. The van der Waals surface area contributed by atoms with Gasteiger partial charge in [0, 0.05) is 5.39 Å². The minimum atomic E-state index is -1.01. The van der Waals surface area contributed by atoms with E-state index in [1.54, 1.807) is 50.2 Å². The average molecular weight is 373 g/mol. The Hall–Kier alpha value is -3.47. The Labute approximate surface area is 162 Å². The minimum absolute atomic E-state index is 0.301. The lowest BCUT2D eigenvalue weighted by Crippen LogP contribution is -2.49. The van der Waals surface area contributed by atoms with Gasteiger partial charge in [-0.05, 0) is 29.5 Å². The van der Waals surface area contributed by atoms with E-state index < -0.39 is 23.8 Å². The highest BCUT2D eigenvalue weighted by molar-refractivity contribution is 6.22. The van der Waals surface area contributed by atoms with E-state index in [1.165, 1.54) is 0 Å². The highest BCUT2D eigenvalue weighted by Crippen LogP contribution is 2.30. The zero-order valence-electron chi connectivity index (χ0n) is 15.6. The summed E-state index contributed by atoms with van der Waals surface area (Å²) >= 11 is 0. The molecule has 0 saturated carbocycles. The van der Waals surface area contributed by atoms with E-state index in [4.69, 9.17) is 4.74 Å². The molecule has 0 N–H and O–H groups in total. The van der Waals surface area contributed by atoms with Crippen LogP contribution in [0.4, 0.5) is 0 Å². The third kappa shape index (κ3) is 2.85. The maximum Gasteiger partial charge on any atom is 0.335 e. The summed E-state index contributed by atoms with van der Waals surface area (Å²) in [4.78, 5) is 39.7. The molecule has 28 heavy (non-hydrogen) atoms. The molecule has 0 aromatic heterocycles. The van der Waals surface area contributed by atoms with Gasteiger partial charge in [0.15, 0.2) is 0 Å². The summed E-state index contributed by atoms with van der Waals surface area (Å²) in [6.45, 7) is 3.58. The Morgan fingerprint density at radius 3 is 2.04 bits per heavy atom. The minimum Gasteiger partial charge on any atom is -0.424 e. The molecule has 140 valence electrons. The van der Waals surface area contributed by atoms with Crippen LogP contribution in [-0.2, 0) is 4.79 Å². The van der Waals surface area contributed by atoms with Crippen molar-refractivity contribution in [3.05, 3.63) is 77.9 Å². The standard InChI is InChI=1S/C23H19NO4/c1-14(2)20(24-21(25)17-11-5-6-12-18(17)22(24)26)23(27)28-19-13-7-9-15-8-3-4-10-16(15)19/h3-14,20H,1-2H3/t20-/m0/s1. The van der Waals surface area contributed by atoms with Crippen LogP contribution in [0.3, 0.4) is 0 Å². The van der Waals surface area contributed by atoms with Gasteiger partial charge in [0.1, 0.15) is 11.8 Å². The predicted molar refractivity (Wildman–Crippen MR) is 105 cm³/mol. The summed E-state index contributed by atoms with van der Waals surface area (Å²) in [6.07, 6.45) is 0. The van der Waals surface area contributed by atoms with Crippen LogP contribution in [0.1, 0.15) is 34.6 Å². The number of carbonyl (C=O) groups is 3. The van der Waals surface area contributed by atoms with Gasteiger partial charge in [0.05, 0.1) is 11.1 Å². The molecule has 1 atom stereocenters. The van der Waals surface area contributed by atoms with Crippen LogP contribution in [0.2, 0.25) is 0 Å². The van der Waals surface area contributed by atoms with Crippen LogP contribution in [-0.4, -0.2) is 28.7 Å². The van der Waals surface area contributed by atoms with Crippen LogP contribution < -0.4 is 4.74 Å². The number of carbonyl (C=O) groups excluding carboxylic acids is 3. The van der Waals surface area contributed by atoms with E-state index in [2.05, 4.69) is 0 Å². The second-order valence-corrected chi connectivity index (χ2v) is 7.11. The van der Waals surface area contributed by atoms with Gasteiger partial charge in [0.2, 0.25) is 0 Å². The van der Waals surface area contributed by atoms with Gasteiger partial charge in [-0.3, -0.25) is 14.5 Å². The van der Waals surface area contributed by atoms with E-state index in [9.17, 15) is 14.4 Å². The summed E-state index contributed by atoms with van der Waals surface area (Å²) in [5.74, 6) is -1.45. The van der Waals surface area contributed by atoms with Crippen LogP contribution >= 0.6 is 0 Å². The molecule has 0 fully saturated rings. The lowest BCUT2D eigenvalue weighted by Gasteiger charge is -2.27. The number of nitrogens with zero attached hydrogens (tertiary/aromatic N) is 1. The molecule has 0 aliphatic carbocycles. The Bertz CT molecular complexity index is 1060. The van der Waals surface area contributed by atoms with Crippen LogP contribution in [0.15, 0.2) is 66.7 Å². The quantitative estimate of drug-likeness (QED) is 0.393. The van der Waals surface area contributed by atoms with Crippen molar-refractivity contribution >= 4 is 28.6 Å². The molecule has 5 nitrogen and oxygen atoms in total. The first-order valence-electron chi connectivity index (χ1n) is 9.15. The van der Waals surface area contributed by atoms with Gasteiger partial charge in [0.25, 0.3) is 11.8 Å². The van der Waals surface area contributed by atoms with Crippen LogP contribution in [0.5, 0.6) is 5.75 Å². The van der Waals surface area contributed by atoms with Crippen molar-refractivity contribution in [3.8, 4) is 5.75 Å². The first kappa shape index (κ1) is 17.9. The Kier molecular flexibility index (Phi) is 4.43. The molecular formula is C23H19NO4. The van der Waals surface area contributed by atoms with E-state index in [0.717, 1.165) is 15.7 Å². The smallest absolute Gasteiger partial charge is 0.335 e. The summed E-state index contributed by atoms with van der Waals surface area (Å²) in [7, 11) is 0. The third-order valence-electron chi connectivity index (χ3n) is 4.94. The molecule has 1 heterocycles. The lowest BCUT2D eigenvalue weighted by atomic mass is 10.0. The SMILES string of the molecule is CC(C)[C@@H](C(=O)Oc1cccc2ccccc12)N1C(=O)c2ccccc2C1=O. The van der Waals surface area contributed by atoms with E-state index in [1.807, 2.05) is 30.3 Å². The predicted octanol–water partition coefficient (Wildman–Crippen LogP) is 4.07. The lowest BCUT2D eigenvalue weighted by molar-refractivity contribution is -0.140. The van der Waals surface area contributed by atoms with Crippen molar-refractivity contribution in [1.29, 1.82) is 0 Å². The fraction of sp³-hybridized carbons (Fsp3) is 0.174. The van der Waals surface area contributed by atoms with E-state index >= 15 is 0 Å². The number of amides is 2.